The second-order valence-corrected chi connectivity index (χ2v) is 3.87. The maximum atomic E-state index is 11.6. The first-order valence-electron chi connectivity index (χ1n) is 5.65. The van der Waals surface area contributed by atoms with Crippen LogP contribution in [0, 0.1) is 0 Å². The predicted molar refractivity (Wildman–Crippen MR) is 66.5 cm³/mol. The zero-order valence-corrected chi connectivity index (χ0v) is 10.1. The molecule has 0 atom stereocenters. The SMILES string of the molecule is Cn1nncc1CNC(=O)NCc1ccccc1. The summed E-state index contributed by atoms with van der Waals surface area (Å²) in [5.74, 6) is 0. The molecule has 2 N–H and O–H groups in total. The van der Waals surface area contributed by atoms with Gasteiger partial charge < -0.3 is 10.6 Å². The molecule has 94 valence electrons. The number of aryl methyl sites for hydroxylation is 1. The van der Waals surface area contributed by atoms with Crippen LogP contribution in [0.15, 0.2) is 36.5 Å². The normalized spacial score (nSPS) is 10.1. The molecule has 18 heavy (non-hydrogen) atoms. The second-order valence-electron chi connectivity index (χ2n) is 3.87. The molecule has 2 aromatic rings. The van der Waals surface area contributed by atoms with Crippen LogP contribution in [0.4, 0.5) is 4.79 Å². The highest BCUT2D eigenvalue weighted by molar-refractivity contribution is 5.73. The lowest BCUT2D eigenvalue weighted by atomic mass is 10.2. The van der Waals surface area contributed by atoms with Crippen molar-refractivity contribution in [2.75, 3.05) is 0 Å². The molecule has 0 bridgehead atoms. The molecule has 0 radical (unpaired) electrons. The van der Waals surface area contributed by atoms with E-state index in [9.17, 15) is 4.79 Å². The van der Waals surface area contributed by atoms with E-state index in [1.54, 1.807) is 17.9 Å². The minimum atomic E-state index is -0.208. The van der Waals surface area contributed by atoms with Crippen molar-refractivity contribution < 1.29 is 4.79 Å². The zero-order chi connectivity index (χ0) is 12.8. The summed E-state index contributed by atoms with van der Waals surface area (Å²) in [7, 11) is 1.78. The summed E-state index contributed by atoms with van der Waals surface area (Å²) in [6.07, 6.45) is 1.62. The number of benzene rings is 1. The number of nitrogens with zero attached hydrogens (tertiary/aromatic N) is 3. The van der Waals surface area contributed by atoms with E-state index in [1.807, 2.05) is 30.3 Å². The van der Waals surface area contributed by atoms with Crippen molar-refractivity contribution in [1.82, 2.24) is 25.6 Å². The Morgan fingerprint density at radius 3 is 2.61 bits per heavy atom. The monoisotopic (exact) mass is 245 g/mol. The molecule has 0 aliphatic heterocycles. The standard InChI is InChI=1S/C12H15N5O/c1-17-11(9-15-16-17)8-14-12(18)13-7-10-5-3-2-4-6-10/h2-6,9H,7-8H2,1H3,(H2,13,14,18). The molecule has 0 fully saturated rings. The van der Waals surface area contributed by atoms with Crippen molar-refractivity contribution in [3.05, 3.63) is 47.8 Å². The van der Waals surface area contributed by atoms with Crippen molar-refractivity contribution in [3.63, 3.8) is 0 Å². The molecule has 1 aromatic carbocycles. The topological polar surface area (TPSA) is 71.8 Å². The molecular formula is C12H15N5O. The first-order valence-corrected chi connectivity index (χ1v) is 5.65. The molecule has 0 aliphatic carbocycles. The molecule has 0 saturated heterocycles. The lowest BCUT2D eigenvalue weighted by molar-refractivity contribution is 0.240. The van der Waals surface area contributed by atoms with Crippen molar-refractivity contribution in [2.24, 2.45) is 7.05 Å². The first-order chi connectivity index (χ1) is 8.75. The quantitative estimate of drug-likeness (QED) is 0.837. The van der Waals surface area contributed by atoms with E-state index in [1.165, 1.54) is 0 Å². The first kappa shape index (κ1) is 12.1. The summed E-state index contributed by atoms with van der Waals surface area (Å²) in [4.78, 5) is 11.6. The number of carbonyl (C=O) groups is 1. The van der Waals surface area contributed by atoms with Gasteiger partial charge in [0.15, 0.2) is 0 Å². The minimum absolute atomic E-state index is 0.208. The van der Waals surface area contributed by atoms with E-state index in [0.717, 1.165) is 11.3 Å². The average Bonchev–Trinajstić information content (AvgIpc) is 2.81. The number of nitrogens with one attached hydrogen (secondary N) is 2. The smallest absolute Gasteiger partial charge is 0.315 e. The number of rotatable bonds is 4. The average molecular weight is 245 g/mol. The van der Waals surface area contributed by atoms with Crippen molar-refractivity contribution in [3.8, 4) is 0 Å². The number of aromatic nitrogens is 3. The second kappa shape index (κ2) is 5.81. The molecule has 1 heterocycles. The number of amides is 2. The predicted octanol–water partition coefficient (Wildman–Crippen LogP) is 0.814. The highest BCUT2D eigenvalue weighted by Crippen LogP contribution is 1.97. The molecule has 6 heteroatoms. The van der Waals surface area contributed by atoms with Gasteiger partial charge in [0.2, 0.25) is 0 Å². The number of hydrogen-bond donors (Lipinski definition) is 2. The molecule has 0 unspecified atom stereocenters. The van der Waals surface area contributed by atoms with Crippen molar-refractivity contribution in [1.29, 1.82) is 0 Å². The fourth-order valence-corrected chi connectivity index (χ4v) is 1.48. The van der Waals surface area contributed by atoms with Gasteiger partial charge in [-0.25, -0.2) is 4.79 Å². The largest absolute Gasteiger partial charge is 0.334 e. The third-order valence-corrected chi connectivity index (χ3v) is 2.53. The van der Waals surface area contributed by atoms with Gasteiger partial charge in [-0.1, -0.05) is 35.5 Å². The van der Waals surface area contributed by atoms with Crippen molar-refractivity contribution in [2.45, 2.75) is 13.1 Å². The van der Waals surface area contributed by atoms with E-state index >= 15 is 0 Å². The van der Waals surface area contributed by atoms with Gasteiger partial charge in [-0.3, -0.25) is 4.68 Å². The molecule has 0 spiro atoms. The van der Waals surface area contributed by atoms with Crippen LogP contribution in [0.5, 0.6) is 0 Å². The van der Waals surface area contributed by atoms with E-state index in [0.29, 0.717) is 13.1 Å². The van der Waals surface area contributed by atoms with Gasteiger partial charge in [-0.2, -0.15) is 0 Å². The minimum Gasteiger partial charge on any atom is -0.334 e. The molecule has 2 amide bonds. The number of urea groups is 1. The maximum absolute atomic E-state index is 11.6. The number of carbonyl (C=O) groups excluding carboxylic acids is 1. The van der Waals surface area contributed by atoms with E-state index in [-0.39, 0.29) is 6.03 Å². The summed E-state index contributed by atoms with van der Waals surface area (Å²) in [5, 5.41) is 13.0. The Labute approximate surface area is 105 Å². The number of hydrogen-bond acceptors (Lipinski definition) is 3. The fourth-order valence-electron chi connectivity index (χ4n) is 1.48. The van der Waals surface area contributed by atoms with Crippen LogP contribution in [-0.4, -0.2) is 21.0 Å². The van der Waals surface area contributed by atoms with E-state index in [2.05, 4.69) is 20.9 Å². The van der Waals surface area contributed by atoms with Crippen LogP contribution < -0.4 is 10.6 Å². The molecule has 1 aromatic heterocycles. The van der Waals surface area contributed by atoms with Crippen LogP contribution >= 0.6 is 0 Å². The lowest BCUT2D eigenvalue weighted by Gasteiger charge is -2.07. The van der Waals surface area contributed by atoms with Gasteiger partial charge in [0.1, 0.15) is 0 Å². The molecule has 0 aliphatic rings. The molecule has 6 nitrogen and oxygen atoms in total. The van der Waals surface area contributed by atoms with Gasteiger partial charge in [0.05, 0.1) is 18.4 Å². The summed E-state index contributed by atoms with van der Waals surface area (Å²) in [6, 6.07) is 9.54. The Morgan fingerprint density at radius 2 is 1.94 bits per heavy atom. The highest BCUT2D eigenvalue weighted by Gasteiger charge is 2.03. The Bertz CT molecular complexity index is 508. The highest BCUT2D eigenvalue weighted by atomic mass is 16.2. The summed E-state index contributed by atoms with van der Waals surface area (Å²) >= 11 is 0. The van der Waals surface area contributed by atoms with E-state index in [4.69, 9.17) is 0 Å². The third-order valence-electron chi connectivity index (χ3n) is 2.53. The van der Waals surface area contributed by atoms with Crippen molar-refractivity contribution >= 4 is 6.03 Å². The third kappa shape index (κ3) is 3.31. The van der Waals surface area contributed by atoms with Gasteiger partial charge in [0.25, 0.3) is 0 Å². The molecular weight excluding hydrogens is 230 g/mol. The van der Waals surface area contributed by atoms with Crippen LogP contribution in [0.3, 0.4) is 0 Å². The van der Waals surface area contributed by atoms with Crippen LogP contribution in [0.2, 0.25) is 0 Å². The van der Waals surface area contributed by atoms with Gasteiger partial charge in [0, 0.05) is 13.6 Å². The fraction of sp³-hybridized carbons (Fsp3) is 0.250. The van der Waals surface area contributed by atoms with Gasteiger partial charge >= 0.3 is 6.03 Å². The van der Waals surface area contributed by atoms with Crippen LogP contribution in [0.1, 0.15) is 11.3 Å². The Kier molecular flexibility index (Phi) is 3.90. The summed E-state index contributed by atoms with van der Waals surface area (Å²) in [6.45, 7) is 0.917. The maximum Gasteiger partial charge on any atom is 0.315 e. The van der Waals surface area contributed by atoms with Crippen LogP contribution in [0.25, 0.3) is 0 Å². The molecule has 0 saturated carbocycles. The summed E-state index contributed by atoms with van der Waals surface area (Å²) in [5.41, 5.74) is 1.92. The van der Waals surface area contributed by atoms with Gasteiger partial charge in [-0.05, 0) is 5.56 Å². The van der Waals surface area contributed by atoms with Crippen LogP contribution in [-0.2, 0) is 20.1 Å². The Hall–Kier alpha value is -2.37. The lowest BCUT2D eigenvalue weighted by Crippen LogP contribution is -2.35. The zero-order valence-electron chi connectivity index (χ0n) is 10.1. The Morgan fingerprint density at radius 1 is 1.22 bits per heavy atom. The van der Waals surface area contributed by atoms with E-state index < -0.39 is 0 Å². The summed E-state index contributed by atoms with van der Waals surface area (Å²) < 4.78 is 1.62. The Balaban J connectivity index is 1.75. The van der Waals surface area contributed by atoms with Gasteiger partial charge in [-0.15, -0.1) is 5.10 Å². The molecule has 2 rings (SSSR count).